The van der Waals surface area contributed by atoms with Crippen molar-refractivity contribution in [3.63, 3.8) is 0 Å². The molecule has 1 aromatic carbocycles. The molecule has 20 heavy (non-hydrogen) atoms. The van der Waals surface area contributed by atoms with Crippen LogP contribution >= 0.6 is 38.9 Å². The third kappa shape index (κ3) is 2.62. The van der Waals surface area contributed by atoms with Crippen LogP contribution in [0.3, 0.4) is 0 Å². The number of alkyl halides is 1. The Kier molecular flexibility index (Phi) is 3.84. The second kappa shape index (κ2) is 5.47. The first kappa shape index (κ1) is 14.0. The van der Waals surface area contributed by atoms with Crippen LogP contribution in [0.25, 0.3) is 11.0 Å². The topological polar surface area (TPSA) is 17.8 Å². The van der Waals surface area contributed by atoms with E-state index in [0.29, 0.717) is 12.1 Å². The predicted molar refractivity (Wildman–Crippen MR) is 85.1 cm³/mol. The predicted octanol–water partition coefficient (Wildman–Crippen LogP) is 5.35. The molecule has 104 valence electrons. The highest BCUT2D eigenvalue weighted by atomic mass is 79.9. The van der Waals surface area contributed by atoms with Gasteiger partial charge < -0.3 is 4.57 Å². The van der Waals surface area contributed by atoms with Crippen molar-refractivity contribution >= 4 is 49.9 Å². The van der Waals surface area contributed by atoms with Gasteiger partial charge in [0.05, 0.1) is 26.7 Å². The van der Waals surface area contributed by atoms with Gasteiger partial charge in [0.2, 0.25) is 0 Å². The lowest BCUT2D eigenvalue weighted by Gasteiger charge is -2.09. The molecular weight excluding hydrogens is 363 g/mol. The highest BCUT2D eigenvalue weighted by Gasteiger charge is 2.16. The Bertz CT molecular complexity index is 766. The molecular formula is C14H11BrClFN2S. The van der Waals surface area contributed by atoms with Gasteiger partial charge in [0.25, 0.3) is 0 Å². The van der Waals surface area contributed by atoms with Gasteiger partial charge in [0, 0.05) is 10.9 Å². The summed E-state index contributed by atoms with van der Waals surface area (Å²) in [6, 6.07) is 8.73. The Hall–Kier alpha value is -0.910. The van der Waals surface area contributed by atoms with Gasteiger partial charge >= 0.3 is 0 Å². The molecule has 2 aromatic heterocycles. The molecule has 1 unspecified atom stereocenters. The van der Waals surface area contributed by atoms with E-state index in [1.165, 1.54) is 17.0 Å². The standard InChI is InChI=1S/C14H11BrClFN2S/c1-8(16)14-18-11-6-9(17)2-4-12(11)19(14)7-10-3-5-13(15)20-10/h2-6,8H,7H2,1H3. The summed E-state index contributed by atoms with van der Waals surface area (Å²) < 4.78 is 16.5. The van der Waals surface area contributed by atoms with Crippen molar-refractivity contribution in [2.45, 2.75) is 18.8 Å². The van der Waals surface area contributed by atoms with E-state index >= 15 is 0 Å². The number of hydrogen-bond acceptors (Lipinski definition) is 2. The number of thiophene rings is 1. The molecule has 0 spiro atoms. The molecule has 0 saturated carbocycles. The molecule has 0 aliphatic rings. The van der Waals surface area contributed by atoms with E-state index in [4.69, 9.17) is 11.6 Å². The quantitative estimate of drug-likeness (QED) is 0.566. The van der Waals surface area contributed by atoms with Crippen molar-refractivity contribution in [2.75, 3.05) is 0 Å². The lowest BCUT2D eigenvalue weighted by atomic mass is 10.3. The molecule has 0 radical (unpaired) electrons. The minimum Gasteiger partial charge on any atom is -0.321 e. The van der Waals surface area contributed by atoms with Gasteiger partial charge in [-0.15, -0.1) is 22.9 Å². The van der Waals surface area contributed by atoms with Gasteiger partial charge in [-0.1, -0.05) is 0 Å². The summed E-state index contributed by atoms with van der Waals surface area (Å²) >= 11 is 11.3. The zero-order valence-corrected chi connectivity index (χ0v) is 13.8. The lowest BCUT2D eigenvalue weighted by molar-refractivity contribution is 0.629. The summed E-state index contributed by atoms with van der Waals surface area (Å²) in [7, 11) is 0. The van der Waals surface area contributed by atoms with Crippen LogP contribution in [0.2, 0.25) is 0 Å². The van der Waals surface area contributed by atoms with Gasteiger partial charge in [-0.05, 0) is 47.1 Å². The molecule has 0 fully saturated rings. The second-order valence-electron chi connectivity index (χ2n) is 4.51. The van der Waals surface area contributed by atoms with Crippen LogP contribution in [0.1, 0.15) is 23.0 Å². The SMILES string of the molecule is CC(Cl)c1nc2cc(F)ccc2n1Cc1ccc(Br)s1. The smallest absolute Gasteiger partial charge is 0.128 e. The van der Waals surface area contributed by atoms with E-state index in [1.807, 2.05) is 17.6 Å². The number of imidazole rings is 1. The molecule has 3 rings (SSSR count). The average molecular weight is 374 g/mol. The summed E-state index contributed by atoms with van der Waals surface area (Å²) in [5.41, 5.74) is 1.54. The lowest BCUT2D eigenvalue weighted by Crippen LogP contribution is -2.04. The number of benzene rings is 1. The van der Waals surface area contributed by atoms with Crippen molar-refractivity contribution in [1.82, 2.24) is 9.55 Å². The highest BCUT2D eigenvalue weighted by Crippen LogP contribution is 2.29. The largest absolute Gasteiger partial charge is 0.321 e. The van der Waals surface area contributed by atoms with Crippen LogP contribution in [-0.2, 0) is 6.54 Å². The fourth-order valence-electron chi connectivity index (χ4n) is 2.18. The Morgan fingerprint density at radius 2 is 2.20 bits per heavy atom. The van der Waals surface area contributed by atoms with Crippen molar-refractivity contribution in [2.24, 2.45) is 0 Å². The first-order chi connectivity index (χ1) is 9.54. The van der Waals surface area contributed by atoms with Crippen LogP contribution in [0.15, 0.2) is 34.1 Å². The van der Waals surface area contributed by atoms with E-state index in [9.17, 15) is 4.39 Å². The molecule has 0 amide bonds. The average Bonchev–Trinajstić information content (AvgIpc) is 2.94. The first-order valence-electron chi connectivity index (χ1n) is 6.08. The van der Waals surface area contributed by atoms with E-state index in [1.54, 1.807) is 17.4 Å². The third-order valence-electron chi connectivity index (χ3n) is 3.04. The van der Waals surface area contributed by atoms with Gasteiger partial charge in [0.1, 0.15) is 11.6 Å². The van der Waals surface area contributed by atoms with E-state index in [-0.39, 0.29) is 11.2 Å². The maximum Gasteiger partial charge on any atom is 0.128 e. The Labute approximate surface area is 133 Å². The maximum absolute atomic E-state index is 13.3. The molecule has 0 aliphatic heterocycles. The number of fused-ring (bicyclic) bond motifs is 1. The Balaban J connectivity index is 2.13. The van der Waals surface area contributed by atoms with Crippen LogP contribution in [0.4, 0.5) is 4.39 Å². The molecule has 0 N–H and O–H groups in total. The van der Waals surface area contributed by atoms with Gasteiger partial charge in [-0.2, -0.15) is 0 Å². The van der Waals surface area contributed by atoms with Crippen molar-refractivity contribution in [3.8, 4) is 0 Å². The van der Waals surface area contributed by atoms with E-state index in [0.717, 1.165) is 15.1 Å². The number of nitrogens with zero attached hydrogens (tertiary/aromatic N) is 2. The Morgan fingerprint density at radius 3 is 2.85 bits per heavy atom. The third-order valence-corrected chi connectivity index (χ3v) is 4.84. The molecule has 0 aliphatic carbocycles. The minimum absolute atomic E-state index is 0.228. The maximum atomic E-state index is 13.3. The summed E-state index contributed by atoms with van der Waals surface area (Å²) in [6.07, 6.45) is 0. The van der Waals surface area contributed by atoms with Crippen molar-refractivity contribution < 1.29 is 4.39 Å². The van der Waals surface area contributed by atoms with Crippen LogP contribution in [0.5, 0.6) is 0 Å². The second-order valence-corrected chi connectivity index (χ2v) is 7.71. The van der Waals surface area contributed by atoms with Crippen LogP contribution < -0.4 is 0 Å². The fraction of sp³-hybridized carbons (Fsp3) is 0.214. The molecule has 1 atom stereocenters. The molecule has 0 saturated heterocycles. The van der Waals surface area contributed by atoms with Gasteiger partial charge in [-0.3, -0.25) is 0 Å². The number of hydrogen-bond donors (Lipinski definition) is 0. The fourth-order valence-corrected chi connectivity index (χ4v) is 3.82. The van der Waals surface area contributed by atoms with Crippen molar-refractivity contribution in [1.29, 1.82) is 0 Å². The summed E-state index contributed by atoms with van der Waals surface area (Å²) in [4.78, 5) is 5.65. The molecule has 0 bridgehead atoms. The summed E-state index contributed by atoms with van der Waals surface area (Å²) in [5.74, 6) is 0.478. The highest BCUT2D eigenvalue weighted by molar-refractivity contribution is 9.11. The zero-order valence-electron chi connectivity index (χ0n) is 10.6. The number of aromatic nitrogens is 2. The van der Waals surface area contributed by atoms with E-state index in [2.05, 4.69) is 27.0 Å². The van der Waals surface area contributed by atoms with Crippen molar-refractivity contribution in [3.05, 3.63) is 50.6 Å². The Morgan fingerprint density at radius 1 is 1.40 bits per heavy atom. The van der Waals surface area contributed by atoms with E-state index < -0.39 is 0 Å². The number of halogens is 3. The molecule has 6 heteroatoms. The molecule has 2 nitrogen and oxygen atoms in total. The van der Waals surface area contributed by atoms with Gasteiger partial charge in [-0.25, -0.2) is 9.37 Å². The normalized spacial score (nSPS) is 13.0. The minimum atomic E-state index is -0.283. The monoisotopic (exact) mass is 372 g/mol. The first-order valence-corrected chi connectivity index (χ1v) is 8.13. The van der Waals surface area contributed by atoms with Gasteiger partial charge in [0.15, 0.2) is 0 Å². The molecule has 3 aromatic rings. The van der Waals surface area contributed by atoms with Crippen LogP contribution in [-0.4, -0.2) is 9.55 Å². The van der Waals surface area contributed by atoms with Crippen LogP contribution in [0, 0.1) is 5.82 Å². The summed E-state index contributed by atoms with van der Waals surface area (Å²) in [5, 5.41) is -0.228. The molecule has 2 heterocycles. The zero-order chi connectivity index (χ0) is 14.3. The summed E-state index contributed by atoms with van der Waals surface area (Å²) in [6.45, 7) is 2.56. The number of rotatable bonds is 3.